The lowest BCUT2D eigenvalue weighted by molar-refractivity contribution is -0.139. The molecule has 0 amide bonds. The van der Waals surface area contributed by atoms with Crippen molar-refractivity contribution in [1.82, 2.24) is 10.2 Å². The predicted octanol–water partition coefficient (Wildman–Crippen LogP) is 7.77. The minimum atomic E-state index is -0.280. The zero-order chi connectivity index (χ0) is 29.3. The Balaban J connectivity index is 1.10. The van der Waals surface area contributed by atoms with Crippen molar-refractivity contribution >= 4 is 78.3 Å². The highest BCUT2D eigenvalue weighted by Crippen LogP contribution is 2.33. The van der Waals surface area contributed by atoms with Gasteiger partial charge in [0.05, 0.1) is 40.1 Å². The van der Waals surface area contributed by atoms with Crippen LogP contribution in [0.3, 0.4) is 0 Å². The first-order valence-corrected chi connectivity index (χ1v) is 16.2. The molecule has 4 N–H and O–H groups in total. The van der Waals surface area contributed by atoms with Gasteiger partial charge in [-0.25, -0.2) is 0 Å². The van der Waals surface area contributed by atoms with E-state index in [2.05, 4.69) is 72.2 Å². The first-order chi connectivity index (χ1) is 20.5. The SMILES string of the molecule is CCOC(=O)CSc1nnc(N=Nc2ccc(NNc3ccc(NNc4ccc(N5CCCC5)s4)cc3C)cc2C)s1. The van der Waals surface area contributed by atoms with Crippen LogP contribution in [0.15, 0.2) is 63.1 Å². The molecule has 0 atom stereocenters. The lowest BCUT2D eigenvalue weighted by Crippen LogP contribution is -2.15. The quantitative estimate of drug-likeness (QED) is 0.0507. The topological polar surface area (TPSA) is 128 Å². The number of esters is 1. The summed E-state index contributed by atoms with van der Waals surface area (Å²) < 4.78 is 5.57. The van der Waals surface area contributed by atoms with Gasteiger partial charge < -0.3 is 25.9 Å². The van der Waals surface area contributed by atoms with Crippen LogP contribution >= 0.6 is 34.4 Å². The fourth-order valence-corrected chi connectivity index (χ4v) is 6.60. The van der Waals surface area contributed by atoms with Gasteiger partial charge >= 0.3 is 5.97 Å². The molecule has 0 unspecified atom stereocenters. The number of azo groups is 1. The molecular weight excluding hydrogens is 591 g/mol. The number of nitrogens with zero attached hydrogens (tertiary/aromatic N) is 5. The van der Waals surface area contributed by atoms with Crippen LogP contribution in [0.2, 0.25) is 0 Å². The molecule has 1 aliphatic rings. The molecule has 1 aliphatic heterocycles. The average Bonchev–Trinajstić information content (AvgIpc) is 3.76. The smallest absolute Gasteiger partial charge is 0.316 e. The van der Waals surface area contributed by atoms with E-state index in [4.69, 9.17) is 4.74 Å². The van der Waals surface area contributed by atoms with Crippen LogP contribution in [-0.2, 0) is 9.53 Å². The molecule has 5 rings (SSSR count). The van der Waals surface area contributed by atoms with Gasteiger partial charge in [0.1, 0.15) is 5.00 Å². The zero-order valence-electron chi connectivity index (χ0n) is 23.6. The van der Waals surface area contributed by atoms with Gasteiger partial charge in [-0.1, -0.05) is 34.4 Å². The highest BCUT2D eigenvalue weighted by atomic mass is 32.2. The molecule has 0 radical (unpaired) electrons. The van der Waals surface area contributed by atoms with E-state index in [1.807, 2.05) is 37.3 Å². The molecule has 220 valence electrons. The maximum Gasteiger partial charge on any atom is 0.316 e. The third-order valence-electron chi connectivity index (χ3n) is 6.36. The normalized spacial score (nSPS) is 13.0. The van der Waals surface area contributed by atoms with E-state index in [1.54, 1.807) is 18.3 Å². The summed E-state index contributed by atoms with van der Waals surface area (Å²) >= 11 is 4.32. The molecule has 0 aliphatic carbocycles. The van der Waals surface area contributed by atoms with Crippen molar-refractivity contribution in [3.8, 4) is 0 Å². The van der Waals surface area contributed by atoms with Crippen molar-refractivity contribution < 1.29 is 9.53 Å². The van der Waals surface area contributed by atoms with Gasteiger partial charge in [0.2, 0.25) is 0 Å². The third kappa shape index (κ3) is 8.11. The number of ether oxygens (including phenoxy) is 1. The Morgan fingerprint density at radius 3 is 2.45 bits per heavy atom. The Labute approximate surface area is 257 Å². The molecule has 42 heavy (non-hydrogen) atoms. The summed E-state index contributed by atoms with van der Waals surface area (Å²) in [6.07, 6.45) is 2.55. The molecular formula is C28H33N9O2S3. The summed E-state index contributed by atoms with van der Waals surface area (Å²) in [6, 6.07) is 16.3. The predicted molar refractivity (Wildman–Crippen MR) is 174 cm³/mol. The Hall–Kier alpha value is -3.88. The number of rotatable bonds is 13. The van der Waals surface area contributed by atoms with E-state index in [1.165, 1.54) is 40.9 Å². The van der Waals surface area contributed by atoms with E-state index < -0.39 is 0 Å². The Kier molecular flexibility index (Phi) is 10.1. The second-order valence-electron chi connectivity index (χ2n) is 9.51. The largest absolute Gasteiger partial charge is 0.465 e. The molecule has 2 aromatic carbocycles. The van der Waals surface area contributed by atoms with Crippen molar-refractivity contribution in [2.24, 2.45) is 10.2 Å². The van der Waals surface area contributed by atoms with Gasteiger partial charge in [0.25, 0.3) is 5.13 Å². The fourth-order valence-electron chi connectivity index (χ4n) is 4.22. The van der Waals surface area contributed by atoms with Crippen LogP contribution < -0.4 is 26.6 Å². The van der Waals surface area contributed by atoms with Crippen molar-refractivity contribution in [3.63, 3.8) is 0 Å². The number of carbonyl (C=O) groups excluding carboxylic acids is 1. The van der Waals surface area contributed by atoms with Crippen LogP contribution in [0.4, 0.5) is 37.9 Å². The molecule has 11 nitrogen and oxygen atoms in total. The molecule has 1 fully saturated rings. The van der Waals surface area contributed by atoms with E-state index in [9.17, 15) is 4.79 Å². The number of hydrogen-bond acceptors (Lipinski definition) is 14. The van der Waals surface area contributed by atoms with Crippen molar-refractivity contribution in [2.45, 2.75) is 38.0 Å². The summed E-state index contributed by atoms with van der Waals surface area (Å²) in [7, 11) is 0. The number of carbonyl (C=O) groups is 1. The summed E-state index contributed by atoms with van der Waals surface area (Å²) in [5.74, 6) is -0.0916. The Morgan fingerprint density at radius 2 is 1.69 bits per heavy atom. The number of thioether (sulfide) groups is 1. The van der Waals surface area contributed by atoms with Crippen LogP contribution in [0.5, 0.6) is 0 Å². The van der Waals surface area contributed by atoms with E-state index in [-0.39, 0.29) is 11.7 Å². The number of anilines is 5. The second-order valence-corrected chi connectivity index (χ2v) is 12.7. The molecule has 0 bridgehead atoms. The number of hydrogen-bond donors (Lipinski definition) is 4. The summed E-state index contributed by atoms with van der Waals surface area (Å²) in [6.45, 7) is 8.47. The van der Waals surface area contributed by atoms with Crippen molar-refractivity contribution in [3.05, 3.63) is 59.7 Å². The van der Waals surface area contributed by atoms with Gasteiger partial charge in [-0.2, -0.15) is 0 Å². The molecule has 3 heterocycles. The molecule has 0 saturated carbocycles. The number of aryl methyl sites for hydroxylation is 2. The van der Waals surface area contributed by atoms with Gasteiger partial charge in [-0.3, -0.25) is 10.2 Å². The average molecular weight is 624 g/mol. The first kappa shape index (κ1) is 29.6. The van der Waals surface area contributed by atoms with Crippen molar-refractivity contribution in [2.75, 3.05) is 52.1 Å². The molecule has 14 heteroatoms. The van der Waals surface area contributed by atoms with Gasteiger partial charge in [0, 0.05) is 13.1 Å². The van der Waals surface area contributed by atoms with Crippen LogP contribution in [0.25, 0.3) is 0 Å². The fraction of sp³-hybridized carbons (Fsp3) is 0.321. The van der Waals surface area contributed by atoms with Gasteiger partial charge in [-0.05, 0) is 93.3 Å². The molecule has 0 spiro atoms. The van der Waals surface area contributed by atoms with Crippen molar-refractivity contribution in [1.29, 1.82) is 0 Å². The van der Waals surface area contributed by atoms with E-state index in [0.717, 1.165) is 52.0 Å². The first-order valence-electron chi connectivity index (χ1n) is 13.6. The number of nitrogens with one attached hydrogen (secondary N) is 4. The van der Waals surface area contributed by atoms with Gasteiger partial charge in [0.15, 0.2) is 4.34 Å². The minimum absolute atomic E-state index is 0.189. The lowest BCUT2D eigenvalue weighted by atomic mass is 10.2. The summed E-state index contributed by atoms with van der Waals surface area (Å²) in [5, 5.41) is 19.4. The number of hydrazine groups is 2. The van der Waals surface area contributed by atoms with E-state index >= 15 is 0 Å². The van der Waals surface area contributed by atoms with Gasteiger partial charge in [-0.15, -0.1) is 20.4 Å². The molecule has 4 aromatic rings. The summed E-state index contributed by atoms with van der Waals surface area (Å²) in [4.78, 5) is 14.0. The Morgan fingerprint density at radius 1 is 0.929 bits per heavy atom. The lowest BCUT2D eigenvalue weighted by Gasteiger charge is -2.15. The Bertz CT molecular complexity index is 1530. The molecule has 2 aromatic heterocycles. The second kappa shape index (κ2) is 14.3. The van der Waals surface area contributed by atoms with Crippen LogP contribution in [-0.4, -0.2) is 41.6 Å². The zero-order valence-corrected chi connectivity index (χ0v) is 26.1. The van der Waals surface area contributed by atoms with Crippen LogP contribution in [0.1, 0.15) is 30.9 Å². The number of thiophene rings is 1. The maximum absolute atomic E-state index is 11.5. The highest BCUT2D eigenvalue weighted by molar-refractivity contribution is 8.01. The maximum atomic E-state index is 11.5. The summed E-state index contributed by atoms with van der Waals surface area (Å²) in [5.41, 5.74) is 18.8. The van der Waals surface area contributed by atoms with E-state index in [0.29, 0.717) is 16.1 Å². The minimum Gasteiger partial charge on any atom is -0.465 e. The number of aromatic nitrogens is 2. The van der Waals surface area contributed by atoms with Crippen LogP contribution in [0, 0.1) is 13.8 Å². The monoisotopic (exact) mass is 623 g/mol. The number of benzene rings is 2. The highest BCUT2D eigenvalue weighted by Gasteiger charge is 2.14. The standard InChI is InChI=1S/C28H33N9O2S3/c1-4-39-26(38)17-40-28-36-35-27(42-28)34-32-23-10-7-20(15-19(23)3)29-31-22-9-8-21(16-18(22)2)30-33-24-11-12-25(41-24)37-13-5-6-14-37/h7-12,15-16,29-31,33H,4-6,13-14,17H2,1-3H3. The third-order valence-corrected chi connectivity index (χ3v) is 9.34. The molecule has 1 saturated heterocycles.